The summed E-state index contributed by atoms with van der Waals surface area (Å²) in [7, 11) is 0. The topological polar surface area (TPSA) is 105 Å². The third kappa shape index (κ3) is 6.66. The minimum Gasteiger partial charge on any atom is -0.490 e. The van der Waals surface area contributed by atoms with Crippen LogP contribution in [0.15, 0.2) is 11.5 Å². The fraction of sp³-hybridized carbons (Fsp3) is 0.850. The predicted molar refractivity (Wildman–Crippen MR) is 101 cm³/mol. The van der Waals surface area contributed by atoms with Crippen molar-refractivity contribution in [1.82, 2.24) is 0 Å². The summed E-state index contributed by atoms with van der Waals surface area (Å²) < 4.78 is 11.1. The first-order chi connectivity index (χ1) is 12.9. The van der Waals surface area contributed by atoms with E-state index in [-0.39, 0.29) is 18.1 Å². The van der Waals surface area contributed by atoms with E-state index in [4.69, 9.17) is 14.7 Å². The molecule has 0 amide bonds. The van der Waals surface area contributed by atoms with Crippen LogP contribution in [0.1, 0.15) is 78.6 Å². The molecule has 0 spiro atoms. The maximum absolute atomic E-state index is 12.1. The SMILES string of the molecule is CCCCCCCCCCOC1=C(OO)C(=O)O[C@]1(CC(C)C)[C@@H](O)CO. The van der Waals surface area contributed by atoms with Gasteiger partial charge in [-0.15, -0.1) is 0 Å². The Morgan fingerprint density at radius 2 is 1.67 bits per heavy atom. The second kappa shape index (κ2) is 12.2. The van der Waals surface area contributed by atoms with Crippen LogP contribution in [0.3, 0.4) is 0 Å². The molecule has 0 aromatic rings. The van der Waals surface area contributed by atoms with Crippen molar-refractivity contribution in [2.45, 2.75) is 90.3 Å². The third-order valence-electron chi connectivity index (χ3n) is 4.81. The van der Waals surface area contributed by atoms with Crippen molar-refractivity contribution in [3.8, 4) is 0 Å². The van der Waals surface area contributed by atoms with Crippen molar-refractivity contribution in [2.24, 2.45) is 5.92 Å². The number of esters is 1. The molecular formula is C20H36O7. The van der Waals surface area contributed by atoms with Gasteiger partial charge in [0.2, 0.25) is 5.60 Å². The molecule has 0 aromatic carbocycles. The van der Waals surface area contributed by atoms with Gasteiger partial charge < -0.3 is 24.6 Å². The smallest absolute Gasteiger partial charge is 0.382 e. The number of ether oxygens (including phenoxy) is 2. The Morgan fingerprint density at radius 1 is 1.07 bits per heavy atom. The van der Waals surface area contributed by atoms with Gasteiger partial charge in [0.05, 0.1) is 13.2 Å². The van der Waals surface area contributed by atoms with Crippen LogP contribution in [0.4, 0.5) is 0 Å². The fourth-order valence-electron chi connectivity index (χ4n) is 3.46. The van der Waals surface area contributed by atoms with E-state index in [0.29, 0.717) is 6.61 Å². The molecule has 0 saturated heterocycles. The van der Waals surface area contributed by atoms with E-state index in [1.54, 1.807) is 0 Å². The highest BCUT2D eigenvalue weighted by molar-refractivity contribution is 5.90. The molecule has 1 rings (SSSR count). The van der Waals surface area contributed by atoms with E-state index in [1.807, 2.05) is 13.8 Å². The number of unbranched alkanes of at least 4 members (excludes halogenated alkanes) is 7. The average molecular weight is 389 g/mol. The molecule has 1 aliphatic heterocycles. The van der Waals surface area contributed by atoms with Gasteiger partial charge in [-0.3, -0.25) is 0 Å². The summed E-state index contributed by atoms with van der Waals surface area (Å²) in [5.41, 5.74) is -1.54. The number of rotatable bonds is 15. The number of aliphatic hydroxyl groups excluding tert-OH is 2. The molecule has 1 heterocycles. The van der Waals surface area contributed by atoms with Crippen LogP contribution >= 0.6 is 0 Å². The molecule has 0 aliphatic carbocycles. The second-order valence-electron chi connectivity index (χ2n) is 7.65. The molecule has 7 nitrogen and oxygen atoms in total. The lowest BCUT2D eigenvalue weighted by Crippen LogP contribution is -2.48. The Balaban J connectivity index is 2.66. The van der Waals surface area contributed by atoms with Crippen molar-refractivity contribution in [3.63, 3.8) is 0 Å². The highest BCUT2D eigenvalue weighted by atomic mass is 17.1. The second-order valence-corrected chi connectivity index (χ2v) is 7.65. The number of cyclic esters (lactones) is 1. The zero-order valence-electron chi connectivity index (χ0n) is 16.9. The molecule has 27 heavy (non-hydrogen) atoms. The molecule has 3 N–H and O–H groups in total. The van der Waals surface area contributed by atoms with Crippen LogP contribution in [0, 0.1) is 5.92 Å². The van der Waals surface area contributed by atoms with Crippen molar-refractivity contribution < 1.29 is 34.6 Å². The number of carbonyl (C=O) groups excluding carboxylic acids is 1. The van der Waals surface area contributed by atoms with E-state index in [9.17, 15) is 15.0 Å². The number of aliphatic hydroxyl groups is 2. The number of carbonyl (C=O) groups is 1. The van der Waals surface area contributed by atoms with Gasteiger partial charge in [0.25, 0.3) is 5.76 Å². The largest absolute Gasteiger partial charge is 0.490 e. The van der Waals surface area contributed by atoms with Gasteiger partial charge in [0.15, 0.2) is 5.76 Å². The first kappa shape index (κ1) is 23.7. The van der Waals surface area contributed by atoms with Crippen LogP contribution in [0.25, 0.3) is 0 Å². The summed E-state index contributed by atoms with van der Waals surface area (Å²) >= 11 is 0. The fourth-order valence-corrected chi connectivity index (χ4v) is 3.46. The van der Waals surface area contributed by atoms with E-state index in [1.165, 1.54) is 32.1 Å². The van der Waals surface area contributed by atoms with Crippen LogP contribution in [0.5, 0.6) is 0 Å². The van der Waals surface area contributed by atoms with Gasteiger partial charge in [0, 0.05) is 0 Å². The molecule has 0 saturated carbocycles. The molecule has 0 unspecified atom stereocenters. The number of hydrogen-bond acceptors (Lipinski definition) is 7. The van der Waals surface area contributed by atoms with E-state index in [2.05, 4.69) is 11.8 Å². The van der Waals surface area contributed by atoms with Crippen LogP contribution in [0.2, 0.25) is 0 Å². The molecular weight excluding hydrogens is 352 g/mol. The predicted octanol–water partition coefficient (Wildman–Crippen LogP) is 3.54. The molecule has 2 atom stereocenters. The Morgan fingerprint density at radius 3 is 2.19 bits per heavy atom. The Hall–Kier alpha value is -1.31. The molecule has 1 aliphatic rings. The van der Waals surface area contributed by atoms with Crippen LogP contribution in [-0.4, -0.2) is 46.4 Å². The number of hydrogen-bond donors (Lipinski definition) is 3. The molecule has 158 valence electrons. The Kier molecular flexibility index (Phi) is 10.7. The van der Waals surface area contributed by atoms with Gasteiger partial charge in [-0.2, -0.15) is 0 Å². The summed E-state index contributed by atoms with van der Waals surface area (Å²) in [5, 5.41) is 28.9. The van der Waals surface area contributed by atoms with E-state index < -0.39 is 30.0 Å². The van der Waals surface area contributed by atoms with Crippen molar-refractivity contribution >= 4 is 5.97 Å². The minimum atomic E-state index is -1.54. The van der Waals surface area contributed by atoms with Crippen molar-refractivity contribution in [2.75, 3.05) is 13.2 Å². The monoisotopic (exact) mass is 388 g/mol. The lowest BCUT2D eigenvalue weighted by Gasteiger charge is -2.34. The Labute approximate surface area is 162 Å². The third-order valence-corrected chi connectivity index (χ3v) is 4.81. The standard InChI is InChI=1S/C20H36O7/c1-4-5-6-7-8-9-10-11-12-25-18-17(27-24)19(23)26-20(18,13-15(2)3)16(22)14-21/h15-16,21-22,24H,4-14H2,1-3H3/t16-,20+/m0/s1. The molecule has 0 bridgehead atoms. The molecule has 0 aromatic heterocycles. The molecule has 0 fully saturated rings. The zero-order chi connectivity index (χ0) is 20.3. The van der Waals surface area contributed by atoms with E-state index in [0.717, 1.165) is 19.3 Å². The quantitative estimate of drug-likeness (QED) is 0.170. The Bertz CT molecular complexity index is 475. The highest BCUT2D eigenvalue weighted by Crippen LogP contribution is 2.41. The van der Waals surface area contributed by atoms with Gasteiger partial charge in [-0.05, 0) is 18.8 Å². The van der Waals surface area contributed by atoms with E-state index >= 15 is 0 Å². The lowest BCUT2D eigenvalue weighted by atomic mass is 9.85. The van der Waals surface area contributed by atoms with Gasteiger partial charge in [-0.25, -0.2) is 10.1 Å². The van der Waals surface area contributed by atoms with Gasteiger partial charge in [-0.1, -0.05) is 65.7 Å². The van der Waals surface area contributed by atoms with Crippen LogP contribution < -0.4 is 0 Å². The highest BCUT2D eigenvalue weighted by Gasteiger charge is 2.56. The normalized spacial score (nSPS) is 20.9. The van der Waals surface area contributed by atoms with Gasteiger partial charge >= 0.3 is 5.97 Å². The summed E-state index contributed by atoms with van der Waals surface area (Å²) in [6.45, 7) is 5.69. The lowest BCUT2D eigenvalue weighted by molar-refractivity contribution is -0.211. The average Bonchev–Trinajstić information content (AvgIpc) is 2.90. The van der Waals surface area contributed by atoms with Gasteiger partial charge in [0.1, 0.15) is 6.10 Å². The maximum atomic E-state index is 12.1. The van der Waals surface area contributed by atoms with Crippen molar-refractivity contribution in [3.05, 3.63) is 11.5 Å². The minimum absolute atomic E-state index is 0.0341. The van der Waals surface area contributed by atoms with Crippen molar-refractivity contribution in [1.29, 1.82) is 0 Å². The summed E-state index contributed by atoms with van der Waals surface area (Å²) in [6, 6.07) is 0. The first-order valence-electron chi connectivity index (χ1n) is 10.1. The first-order valence-corrected chi connectivity index (χ1v) is 10.1. The maximum Gasteiger partial charge on any atom is 0.382 e. The molecule has 7 heteroatoms. The van der Waals surface area contributed by atoms with Crippen LogP contribution in [-0.2, 0) is 19.2 Å². The molecule has 0 radical (unpaired) electrons. The summed E-state index contributed by atoms with van der Waals surface area (Å²) in [5.74, 6) is -1.36. The zero-order valence-corrected chi connectivity index (χ0v) is 16.9. The summed E-state index contributed by atoms with van der Waals surface area (Å²) in [4.78, 5) is 16.2. The summed E-state index contributed by atoms with van der Waals surface area (Å²) in [6.07, 6.45) is 7.96.